The van der Waals surface area contributed by atoms with Crippen molar-refractivity contribution in [2.24, 2.45) is 0 Å². The van der Waals surface area contributed by atoms with Crippen LogP contribution in [0.2, 0.25) is 10.0 Å². The van der Waals surface area contributed by atoms with Gasteiger partial charge in [0, 0.05) is 69.1 Å². The summed E-state index contributed by atoms with van der Waals surface area (Å²) in [5.41, 5.74) is 6.41. The van der Waals surface area contributed by atoms with Crippen LogP contribution >= 0.6 is 23.2 Å². The van der Waals surface area contributed by atoms with Crippen LogP contribution in [0, 0.1) is 0 Å². The maximum absolute atomic E-state index is 14.0. The molecule has 4 rings (SSSR count). The van der Waals surface area contributed by atoms with Crippen LogP contribution < -0.4 is 20.8 Å². The maximum atomic E-state index is 14.0. The number of nitrogen functional groups attached to an aromatic ring is 1. The van der Waals surface area contributed by atoms with E-state index in [1.54, 1.807) is 30.3 Å². The van der Waals surface area contributed by atoms with E-state index in [-0.39, 0.29) is 51.2 Å². The van der Waals surface area contributed by atoms with E-state index in [4.69, 9.17) is 43.1 Å². The molecule has 0 radical (unpaired) electrons. The molecule has 0 atom stereocenters. The van der Waals surface area contributed by atoms with Gasteiger partial charge in [-0.25, -0.2) is 4.98 Å². The summed E-state index contributed by atoms with van der Waals surface area (Å²) in [4.78, 5) is 38.3. The van der Waals surface area contributed by atoms with Gasteiger partial charge in [-0.05, 0) is 12.1 Å². The zero-order valence-electron chi connectivity index (χ0n) is 21.9. The van der Waals surface area contributed by atoms with E-state index in [0.717, 1.165) is 0 Å². The maximum Gasteiger partial charge on any atom is 0.260 e. The third-order valence-electron chi connectivity index (χ3n) is 6.75. The van der Waals surface area contributed by atoms with Gasteiger partial charge < -0.3 is 24.8 Å². The van der Waals surface area contributed by atoms with Gasteiger partial charge in [-0.15, -0.1) is 0 Å². The molecule has 1 amide bonds. The zero-order valence-corrected chi connectivity index (χ0v) is 23.5. The number of anilines is 1. The molecular weight excluding hydrogens is 547 g/mol. The van der Waals surface area contributed by atoms with Crippen molar-refractivity contribution >= 4 is 46.1 Å². The first-order valence-corrected chi connectivity index (χ1v) is 12.9. The number of carbonyl (C=O) groups excluding carboxylic acids is 1. The summed E-state index contributed by atoms with van der Waals surface area (Å²) < 4.78 is 17.6. The molecule has 13 heteroatoms. The lowest BCUT2D eigenvalue weighted by Gasteiger charge is -2.45. The predicted octanol–water partition coefficient (Wildman–Crippen LogP) is 2.71. The smallest absolute Gasteiger partial charge is 0.260 e. The highest BCUT2D eigenvalue weighted by atomic mass is 35.5. The van der Waals surface area contributed by atoms with E-state index in [1.807, 2.05) is 0 Å². The van der Waals surface area contributed by atoms with E-state index < -0.39 is 0 Å². The molecule has 1 aromatic carbocycles. The number of halogens is 2. The first-order chi connectivity index (χ1) is 18.7. The first-order valence-electron chi connectivity index (χ1n) is 12.1. The number of aromatic nitrogens is 3. The van der Waals surface area contributed by atoms with Gasteiger partial charge in [0.2, 0.25) is 11.9 Å². The van der Waals surface area contributed by atoms with Gasteiger partial charge in [-0.2, -0.15) is 4.98 Å². The molecule has 2 aromatic heterocycles. The molecule has 39 heavy (non-hydrogen) atoms. The number of hydrogen-bond donors (Lipinski definition) is 1. The van der Waals surface area contributed by atoms with Gasteiger partial charge in [0.15, 0.2) is 0 Å². The van der Waals surface area contributed by atoms with Crippen molar-refractivity contribution in [2.45, 2.75) is 12.6 Å². The minimum absolute atomic E-state index is 0.0383. The Hall–Kier alpha value is -3.38. The summed E-state index contributed by atoms with van der Waals surface area (Å²) in [6, 6.07) is 3.30. The molecule has 1 aliphatic rings. The minimum atomic E-state index is -0.372. The monoisotopic (exact) mass is 576 g/mol. The Balaban J connectivity index is 1.78. The summed E-state index contributed by atoms with van der Waals surface area (Å²) in [6.07, 6.45) is 2.85. The summed E-state index contributed by atoms with van der Waals surface area (Å²) in [6.45, 7) is 6.54. The number of nitrogens with two attached hydrogens (primary N) is 1. The highest BCUT2D eigenvalue weighted by molar-refractivity contribution is 6.41. The molecule has 11 nitrogen and oxygen atoms in total. The van der Waals surface area contributed by atoms with E-state index in [9.17, 15) is 9.59 Å². The molecule has 1 aliphatic heterocycles. The lowest BCUT2D eigenvalue weighted by Crippen LogP contribution is -2.61. The van der Waals surface area contributed by atoms with Crippen molar-refractivity contribution in [1.29, 1.82) is 0 Å². The fourth-order valence-electron chi connectivity index (χ4n) is 4.59. The lowest BCUT2D eigenvalue weighted by molar-refractivity contribution is -0.133. The van der Waals surface area contributed by atoms with Crippen LogP contribution in [0.4, 0.5) is 5.95 Å². The Kier molecular flexibility index (Phi) is 8.96. The fraction of sp³-hybridized carbons (Fsp3) is 0.385. The summed E-state index contributed by atoms with van der Waals surface area (Å²) in [5, 5.41) is 0.916. The van der Waals surface area contributed by atoms with E-state index in [2.05, 4.69) is 21.4 Å². The Morgan fingerprint density at radius 3 is 2.44 bits per heavy atom. The number of pyridine rings is 1. The predicted molar refractivity (Wildman–Crippen MR) is 151 cm³/mol. The van der Waals surface area contributed by atoms with Crippen LogP contribution in [-0.2, 0) is 16.1 Å². The molecule has 208 valence electrons. The normalized spacial score (nSPS) is 13.5. The van der Waals surface area contributed by atoms with Crippen LogP contribution in [-0.4, -0.2) is 90.4 Å². The number of nitrogens with zero attached hydrogens (tertiary/aromatic N) is 5. The van der Waals surface area contributed by atoms with Gasteiger partial charge in [0.25, 0.3) is 5.56 Å². The molecule has 1 fully saturated rings. The second-order valence-electron chi connectivity index (χ2n) is 8.94. The SMILES string of the molecule is C=CC(=O)N1CC(N(CCOC)CCn2c(=O)c(-c3c(Cl)c(OC)cc(OC)c3Cl)cc3cnc(N)nc32)C1. The van der Waals surface area contributed by atoms with Gasteiger partial charge in [-0.1, -0.05) is 29.8 Å². The van der Waals surface area contributed by atoms with Crippen LogP contribution in [0.25, 0.3) is 22.2 Å². The van der Waals surface area contributed by atoms with E-state index in [1.165, 1.54) is 24.9 Å². The van der Waals surface area contributed by atoms with Crippen LogP contribution in [0.15, 0.2) is 35.8 Å². The number of rotatable bonds is 11. The van der Waals surface area contributed by atoms with E-state index in [0.29, 0.717) is 55.3 Å². The third kappa shape index (κ3) is 5.67. The Bertz CT molecular complexity index is 1430. The number of benzene rings is 1. The number of methoxy groups -OCH3 is 3. The van der Waals surface area contributed by atoms with Crippen LogP contribution in [0.1, 0.15) is 0 Å². The molecule has 3 heterocycles. The number of ether oxygens (including phenoxy) is 3. The number of carbonyl (C=O) groups is 1. The third-order valence-corrected chi connectivity index (χ3v) is 7.50. The highest BCUT2D eigenvalue weighted by Gasteiger charge is 2.33. The summed E-state index contributed by atoms with van der Waals surface area (Å²) >= 11 is 13.3. The highest BCUT2D eigenvalue weighted by Crippen LogP contribution is 2.45. The van der Waals surface area contributed by atoms with Gasteiger partial charge in [0.05, 0.1) is 36.4 Å². The second-order valence-corrected chi connectivity index (χ2v) is 9.69. The number of fused-ring (bicyclic) bond motifs is 1. The molecule has 1 saturated heterocycles. The molecule has 0 saturated carbocycles. The Labute approximate surface area is 235 Å². The lowest BCUT2D eigenvalue weighted by atomic mass is 10.0. The van der Waals surface area contributed by atoms with Gasteiger partial charge >= 0.3 is 0 Å². The van der Waals surface area contributed by atoms with Crippen molar-refractivity contribution in [1.82, 2.24) is 24.3 Å². The van der Waals surface area contributed by atoms with Crippen molar-refractivity contribution in [3.05, 3.63) is 51.4 Å². The van der Waals surface area contributed by atoms with Crippen molar-refractivity contribution in [3.63, 3.8) is 0 Å². The second kappa shape index (κ2) is 12.2. The molecular formula is C26H30Cl2N6O5. The molecule has 3 aromatic rings. The Morgan fingerprint density at radius 1 is 1.18 bits per heavy atom. The standard InChI is InChI=1S/C26H30Cl2N6O5/c1-5-20(35)33-13-16(14-33)32(8-9-37-2)6-7-34-24-15(12-30-26(29)31-24)10-17(25(34)36)21-22(27)18(38-3)11-19(39-4)23(21)28/h5,10-12,16H,1,6-9,13-14H2,2-4H3,(H2,29,30,31). The number of likely N-dealkylation sites (tertiary alicyclic amines) is 1. The fourth-order valence-corrected chi connectivity index (χ4v) is 5.29. The Morgan fingerprint density at radius 2 is 1.85 bits per heavy atom. The molecule has 0 unspecified atom stereocenters. The number of amides is 1. The zero-order chi connectivity index (χ0) is 28.3. The largest absolute Gasteiger partial charge is 0.495 e. The molecule has 2 N–H and O–H groups in total. The van der Waals surface area contributed by atoms with Gasteiger partial charge in [0.1, 0.15) is 17.1 Å². The summed E-state index contributed by atoms with van der Waals surface area (Å²) in [5.74, 6) is 0.544. The molecule has 0 spiro atoms. The number of hydrogen-bond acceptors (Lipinski definition) is 9. The van der Waals surface area contributed by atoms with Crippen molar-refractivity contribution < 1.29 is 19.0 Å². The van der Waals surface area contributed by atoms with Gasteiger partial charge in [-0.3, -0.25) is 19.1 Å². The quantitative estimate of drug-likeness (QED) is 0.343. The van der Waals surface area contributed by atoms with Crippen molar-refractivity contribution in [2.75, 3.05) is 59.8 Å². The minimum Gasteiger partial charge on any atom is -0.495 e. The van der Waals surface area contributed by atoms with Crippen LogP contribution in [0.5, 0.6) is 11.5 Å². The average molecular weight is 577 g/mol. The van der Waals surface area contributed by atoms with Crippen molar-refractivity contribution in [3.8, 4) is 22.6 Å². The molecule has 0 aliphatic carbocycles. The topological polar surface area (TPSA) is 125 Å². The van der Waals surface area contributed by atoms with Crippen LogP contribution in [0.3, 0.4) is 0 Å². The molecule has 0 bridgehead atoms. The first kappa shape index (κ1) is 28.6. The summed E-state index contributed by atoms with van der Waals surface area (Å²) in [7, 11) is 4.56. The van der Waals surface area contributed by atoms with E-state index >= 15 is 0 Å². The average Bonchev–Trinajstić information content (AvgIpc) is 2.90.